The second-order valence-corrected chi connectivity index (χ2v) is 4.10. The summed E-state index contributed by atoms with van der Waals surface area (Å²) < 4.78 is 0. The van der Waals surface area contributed by atoms with Crippen LogP contribution in [0.2, 0.25) is 0 Å². The highest BCUT2D eigenvalue weighted by Crippen LogP contribution is 2.22. The Kier molecular flexibility index (Phi) is 3.59. The lowest BCUT2D eigenvalue weighted by Crippen LogP contribution is -2.02. The van der Waals surface area contributed by atoms with Crippen LogP contribution in [0, 0.1) is 18.3 Å². The molecule has 1 aromatic heterocycles. The van der Waals surface area contributed by atoms with Gasteiger partial charge < -0.3 is 5.32 Å². The lowest BCUT2D eigenvalue weighted by atomic mass is 10.1. The zero-order valence-corrected chi connectivity index (χ0v) is 10.6. The van der Waals surface area contributed by atoms with Crippen molar-refractivity contribution in [2.45, 2.75) is 13.8 Å². The van der Waals surface area contributed by atoms with Crippen LogP contribution in [0.15, 0.2) is 36.4 Å². The number of nitrogens with one attached hydrogen (secondary N) is 1. The number of hydrogen-bond donors (Lipinski definition) is 1. The van der Waals surface area contributed by atoms with Gasteiger partial charge in [0, 0.05) is 12.1 Å². The molecular weight excluding hydrogens is 222 g/mol. The molecule has 0 amide bonds. The van der Waals surface area contributed by atoms with Crippen LogP contribution in [0.3, 0.4) is 0 Å². The molecule has 0 fully saturated rings. The number of rotatable bonds is 3. The highest BCUT2D eigenvalue weighted by Gasteiger charge is 2.06. The molecule has 0 unspecified atom stereocenters. The Morgan fingerprint density at radius 2 is 2.11 bits per heavy atom. The van der Waals surface area contributed by atoms with Gasteiger partial charge in [-0.2, -0.15) is 5.26 Å². The molecule has 0 bridgehead atoms. The van der Waals surface area contributed by atoms with E-state index in [4.69, 9.17) is 5.26 Å². The van der Waals surface area contributed by atoms with Crippen molar-refractivity contribution in [3.63, 3.8) is 0 Å². The predicted molar refractivity (Wildman–Crippen MR) is 73.3 cm³/mol. The number of pyridine rings is 1. The summed E-state index contributed by atoms with van der Waals surface area (Å²) in [5.74, 6) is 0.652. The second-order valence-electron chi connectivity index (χ2n) is 4.10. The van der Waals surface area contributed by atoms with Crippen molar-refractivity contribution in [2.75, 3.05) is 11.9 Å². The molecule has 0 aliphatic carbocycles. The van der Waals surface area contributed by atoms with Gasteiger partial charge in [-0.25, -0.2) is 4.98 Å². The highest BCUT2D eigenvalue weighted by molar-refractivity contribution is 5.65. The summed E-state index contributed by atoms with van der Waals surface area (Å²) in [6.07, 6.45) is 0. The summed E-state index contributed by atoms with van der Waals surface area (Å²) in [6, 6.07) is 14.0. The minimum atomic E-state index is 0.577. The van der Waals surface area contributed by atoms with Crippen molar-refractivity contribution in [2.24, 2.45) is 0 Å². The summed E-state index contributed by atoms with van der Waals surface area (Å²) in [4.78, 5) is 4.51. The molecule has 2 rings (SSSR count). The monoisotopic (exact) mass is 237 g/mol. The Bertz CT molecular complexity index is 597. The quantitative estimate of drug-likeness (QED) is 0.890. The summed E-state index contributed by atoms with van der Waals surface area (Å²) in [7, 11) is 0. The maximum Gasteiger partial charge on any atom is 0.144 e. The lowest BCUT2D eigenvalue weighted by molar-refractivity contribution is 1.15. The van der Waals surface area contributed by atoms with Gasteiger partial charge in [0.25, 0.3) is 0 Å². The SMILES string of the molecule is CCNc1nc(-c2cccc(C)c2)ccc1C#N. The van der Waals surface area contributed by atoms with E-state index in [1.54, 1.807) is 0 Å². The van der Waals surface area contributed by atoms with Gasteiger partial charge in [-0.15, -0.1) is 0 Å². The molecule has 0 spiro atoms. The van der Waals surface area contributed by atoms with Gasteiger partial charge in [0.15, 0.2) is 0 Å². The highest BCUT2D eigenvalue weighted by atomic mass is 15.0. The molecule has 0 saturated carbocycles. The molecule has 0 atom stereocenters. The van der Waals surface area contributed by atoms with Gasteiger partial charge in [0.1, 0.15) is 11.9 Å². The second kappa shape index (κ2) is 5.33. The largest absolute Gasteiger partial charge is 0.369 e. The van der Waals surface area contributed by atoms with Gasteiger partial charge in [0.2, 0.25) is 0 Å². The average molecular weight is 237 g/mol. The Balaban J connectivity index is 2.47. The molecule has 1 heterocycles. The lowest BCUT2D eigenvalue weighted by Gasteiger charge is -2.08. The van der Waals surface area contributed by atoms with Crippen LogP contribution in [-0.2, 0) is 0 Å². The smallest absolute Gasteiger partial charge is 0.144 e. The maximum atomic E-state index is 9.02. The van der Waals surface area contributed by atoms with Gasteiger partial charge in [-0.3, -0.25) is 0 Å². The van der Waals surface area contributed by atoms with Crippen molar-refractivity contribution < 1.29 is 0 Å². The number of nitrogens with zero attached hydrogens (tertiary/aromatic N) is 2. The zero-order valence-electron chi connectivity index (χ0n) is 10.6. The summed E-state index contributed by atoms with van der Waals surface area (Å²) in [5.41, 5.74) is 3.73. The van der Waals surface area contributed by atoms with Crippen LogP contribution >= 0.6 is 0 Å². The van der Waals surface area contributed by atoms with E-state index in [-0.39, 0.29) is 0 Å². The predicted octanol–water partition coefficient (Wildman–Crippen LogP) is 3.36. The Morgan fingerprint density at radius 3 is 2.78 bits per heavy atom. The molecule has 0 radical (unpaired) electrons. The minimum absolute atomic E-state index is 0.577. The fraction of sp³-hybridized carbons (Fsp3) is 0.200. The molecular formula is C15H15N3. The van der Waals surface area contributed by atoms with E-state index in [1.165, 1.54) is 5.56 Å². The molecule has 0 aliphatic rings. The molecule has 3 nitrogen and oxygen atoms in total. The Labute approximate surface area is 107 Å². The van der Waals surface area contributed by atoms with Crippen LogP contribution in [0.1, 0.15) is 18.1 Å². The van der Waals surface area contributed by atoms with E-state index in [0.717, 1.165) is 17.8 Å². The number of benzene rings is 1. The molecule has 18 heavy (non-hydrogen) atoms. The zero-order chi connectivity index (χ0) is 13.0. The van der Waals surface area contributed by atoms with Crippen molar-refractivity contribution >= 4 is 5.82 Å². The first-order chi connectivity index (χ1) is 8.74. The summed E-state index contributed by atoms with van der Waals surface area (Å²) in [6.45, 7) is 4.79. The van der Waals surface area contributed by atoms with Crippen LogP contribution in [-0.4, -0.2) is 11.5 Å². The third-order valence-electron chi connectivity index (χ3n) is 2.67. The number of hydrogen-bond acceptors (Lipinski definition) is 3. The van der Waals surface area contributed by atoms with Crippen molar-refractivity contribution in [1.29, 1.82) is 5.26 Å². The summed E-state index contributed by atoms with van der Waals surface area (Å²) >= 11 is 0. The molecule has 3 heteroatoms. The number of aromatic nitrogens is 1. The van der Waals surface area contributed by atoms with Crippen molar-refractivity contribution in [1.82, 2.24) is 4.98 Å². The average Bonchev–Trinajstić information content (AvgIpc) is 2.39. The third-order valence-corrected chi connectivity index (χ3v) is 2.67. The Hall–Kier alpha value is -2.34. The first-order valence-corrected chi connectivity index (χ1v) is 5.96. The fourth-order valence-electron chi connectivity index (χ4n) is 1.82. The molecule has 90 valence electrons. The number of nitriles is 1. The molecule has 0 aliphatic heterocycles. The number of aryl methyl sites for hydroxylation is 1. The molecule has 2 aromatic rings. The maximum absolute atomic E-state index is 9.02. The van der Waals surface area contributed by atoms with Crippen molar-refractivity contribution in [3.8, 4) is 17.3 Å². The fourth-order valence-corrected chi connectivity index (χ4v) is 1.82. The van der Waals surface area contributed by atoms with E-state index < -0.39 is 0 Å². The first kappa shape index (κ1) is 12.1. The molecule has 0 saturated heterocycles. The van der Waals surface area contributed by atoms with Crippen LogP contribution in [0.5, 0.6) is 0 Å². The Morgan fingerprint density at radius 1 is 1.28 bits per heavy atom. The van der Waals surface area contributed by atoms with Gasteiger partial charge in [0.05, 0.1) is 11.3 Å². The third kappa shape index (κ3) is 2.49. The van der Waals surface area contributed by atoms with E-state index in [2.05, 4.69) is 35.4 Å². The van der Waals surface area contributed by atoms with Crippen LogP contribution in [0.25, 0.3) is 11.3 Å². The molecule has 1 N–H and O–H groups in total. The summed E-state index contributed by atoms with van der Waals surface area (Å²) in [5, 5.41) is 12.1. The normalized spacial score (nSPS) is 9.83. The first-order valence-electron chi connectivity index (χ1n) is 5.96. The van der Waals surface area contributed by atoms with Gasteiger partial charge in [-0.05, 0) is 32.0 Å². The number of anilines is 1. The van der Waals surface area contributed by atoms with Crippen molar-refractivity contribution in [3.05, 3.63) is 47.5 Å². The minimum Gasteiger partial charge on any atom is -0.369 e. The van der Waals surface area contributed by atoms with Gasteiger partial charge in [-0.1, -0.05) is 23.8 Å². The van der Waals surface area contributed by atoms with E-state index in [0.29, 0.717) is 11.4 Å². The van der Waals surface area contributed by atoms with E-state index >= 15 is 0 Å². The van der Waals surface area contributed by atoms with Crippen LogP contribution < -0.4 is 5.32 Å². The van der Waals surface area contributed by atoms with Crippen LogP contribution in [0.4, 0.5) is 5.82 Å². The van der Waals surface area contributed by atoms with E-state index in [1.807, 2.05) is 31.2 Å². The van der Waals surface area contributed by atoms with E-state index in [9.17, 15) is 0 Å². The van der Waals surface area contributed by atoms with Gasteiger partial charge >= 0.3 is 0 Å². The molecule has 1 aromatic carbocycles. The standard InChI is InChI=1S/C15H15N3/c1-3-17-15-13(10-16)7-8-14(18-15)12-6-4-5-11(2)9-12/h4-9H,3H2,1-2H3,(H,17,18). The topological polar surface area (TPSA) is 48.7 Å².